The van der Waals surface area contributed by atoms with Gasteiger partial charge in [0.1, 0.15) is 17.9 Å². The average molecular weight is 445 g/mol. The number of para-hydroxylation sites is 1. The fourth-order valence-corrected chi connectivity index (χ4v) is 4.40. The zero-order chi connectivity index (χ0) is 22.5. The van der Waals surface area contributed by atoms with Crippen LogP contribution in [0, 0.1) is 0 Å². The molecule has 1 aliphatic rings. The molecule has 34 heavy (non-hydrogen) atoms. The molecule has 1 aliphatic heterocycles. The molecule has 0 radical (unpaired) electrons. The maximum absolute atomic E-state index is 6.02. The van der Waals surface area contributed by atoms with Gasteiger partial charge in [0, 0.05) is 30.1 Å². The molecular weight excluding hydrogens is 426 g/mol. The lowest BCUT2D eigenvalue weighted by Gasteiger charge is -2.11. The molecule has 8 nitrogen and oxygen atoms in total. The molecule has 0 fully saturated rings. The number of pyridine rings is 2. The van der Waals surface area contributed by atoms with Gasteiger partial charge >= 0.3 is 0 Å². The molecule has 0 spiro atoms. The largest absolute Gasteiger partial charge is 0.492 e. The van der Waals surface area contributed by atoms with Crippen molar-refractivity contribution in [3.63, 3.8) is 0 Å². The molecule has 164 valence electrons. The Morgan fingerprint density at radius 1 is 0.824 bits per heavy atom. The first-order valence-electron chi connectivity index (χ1n) is 11.1. The van der Waals surface area contributed by atoms with Gasteiger partial charge in [0.15, 0.2) is 11.5 Å². The van der Waals surface area contributed by atoms with Crippen molar-refractivity contribution in [2.75, 3.05) is 18.5 Å². The van der Waals surface area contributed by atoms with Gasteiger partial charge in [-0.15, -0.1) is 0 Å². The number of rotatable bonds is 0. The summed E-state index contributed by atoms with van der Waals surface area (Å²) in [4.78, 5) is 17.7. The van der Waals surface area contributed by atoms with Crippen LogP contribution in [0.25, 0.3) is 56.0 Å². The number of aromatic nitrogens is 6. The molecule has 0 unspecified atom stereocenters. The maximum atomic E-state index is 6.02. The van der Waals surface area contributed by atoms with E-state index in [1.54, 1.807) is 6.20 Å². The van der Waals surface area contributed by atoms with E-state index < -0.39 is 0 Å². The number of benzene rings is 2. The van der Waals surface area contributed by atoms with Crippen molar-refractivity contribution in [1.29, 1.82) is 0 Å². The Hall–Kier alpha value is -4.72. The molecule has 7 rings (SSSR count). The highest BCUT2D eigenvalue weighted by Crippen LogP contribution is 2.33. The second kappa shape index (κ2) is 7.41. The van der Waals surface area contributed by atoms with E-state index in [0.29, 0.717) is 24.7 Å². The predicted octanol–water partition coefficient (Wildman–Crippen LogP) is 5.03. The molecule has 8 heteroatoms. The van der Waals surface area contributed by atoms with Crippen molar-refractivity contribution in [1.82, 2.24) is 30.1 Å². The molecule has 0 atom stereocenters. The topological polar surface area (TPSA) is 104 Å². The van der Waals surface area contributed by atoms with Crippen LogP contribution in [0.15, 0.2) is 73.1 Å². The van der Waals surface area contributed by atoms with Crippen molar-refractivity contribution in [3.8, 4) is 39.7 Å². The van der Waals surface area contributed by atoms with Gasteiger partial charge in [0.25, 0.3) is 0 Å². The van der Waals surface area contributed by atoms with E-state index in [1.165, 1.54) is 0 Å². The summed E-state index contributed by atoms with van der Waals surface area (Å²) in [5, 5.41) is 11.0. The van der Waals surface area contributed by atoms with Gasteiger partial charge in [-0.3, -0.25) is 10.1 Å². The summed E-state index contributed by atoms with van der Waals surface area (Å²) in [6, 6.07) is 20.2. The van der Waals surface area contributed by atoms with Gasteiger partial charge in [0.05, 0.1) is 27.9 Å². The van der Waals surface area contributed by atoms with E-state index in [-0.39, 0.29) is 0 Å². The SMILES string of the molecule is c1cc2cc(c1)-c1cccc3[nH]c(nc13)-c1n[nH]c3ccc(nc13)-c1cncc(c1)NCCO2. The summed E-state index contributed by atoms with van der Waals surface area (Å²) in [7, 11) is 0. The first-order chi connectivity index (χ1) is 16.8. The lowest BCUT2D eigenvalue weighted by Crippen LogP contribution is -2.11. The number of nitrogens with zero attached hydrogens (tertiary/aromatic N) is 4. The number of imidazole rings is 1. The second-order valence-corrected chi connectivity index (χ2v) is 8.22. The van der Waals surface area contributed by atoms with Crippen molar-refractivity contribution in [2.24, 2.45) is 0 Å². The number of hydrogen-bond donors (Lipinski definition) is 3. The van der Waals surface area contributed by atoms with Crippen molar-refractivity contribution in [3.05, 3.63) is 73.1 Å². The zero-order valence-corrected chi connectivity index (χ0v) is 18.0. The van der Waals surface area contributed by atoms with Crippen molar-refractivity contribution < 1.29 is 4.74 Å². The molecular formula is C26H19N7O. The molecule has 0 aliphatic carbocycles. The number of fused-ring (bicyclic) bond motifs is 9. The highest BCUT2D eigenvalue weighted by Gasteiger charge is 2.17. The average Bonchev–Trinajstić information content (AvgIpc) is 3.50. The van der Waals surface area contributed by atoms with Gasteiger partial charge in [-0.25, -0.2) is 9.97 Å². The summed E-state index contributed by atoms with van der Waals surface area (Å²) in [6.07, 6.45) is 3.61. The third kappa shape index (κ3) is 3.07. The van der Waals surface area contributed by atoms with E-state index in [4.69, 9.17) is 14.7 Å². The molecule has 0 amide bonds. The summed E-state index contributed by atoms with van der Waals surface area (Å²) < 4.78 is 6.02. The van der Waals surface area contributed by atoms with Crippen LogP contribution in [0.4, 0.5) is 5.69 Å². The van der Waals surface area contributed by atoms with E-state index in [1.807, 2.05) is 54.7 Å². The number of hydrogen-bond acceptors (Lipinski definition) is 6. The number of ether oxygens (including phenoxy) is 1. The van der Waals surface area contributed by atoms with Crippen LogP contribution in [0.1, 0.15) is 0 Å². The van der Waals surface area contributed by atoms with Crippen LogP contribution in [-0.2, 0) is 0 Å². The Bertz CT molecular complexity index is 1680. The monoisotopic (exact) mass is 445 g/mol. The molecule has 3 N–H and O–H groups in total. The number of nitrogens with one attached hydrogen (secondary N) is 3. The van der Waals surface area contributed by atoms with Gasteiger partial charge in [-0.05, 0) is 42.0 Å². The number of aromatic amines is 2. The molecule has 6 aromatic rings. The number of H-pyrrole nitrogens is 2. The van der Waals surface area contributed by atoms with Crippen LogP contribution in [-0.4, -0.2) is 43.3 Å². The van der Waals surface area contributed by atoms with E-state index in [2.05, 4.69) is 37.6 Å². The Morgan fingerprint density at radius 2 is 1.79 bits per heavy atom. The lowest BCUT2D eigenvalue weighted by molar-refractivity contribution is 0.333. The van der Waals surface area contributed by atoms with Gasteiger partial charge in [-0.2, -0.15) is 5.10 Å². The van der Waals surface area contributed by atoms with Gasteiger partial charge in [-0.1, -0.05) is 24.3 Å². The quantitative estimate of drug-likeness (QED) is 0.303. The Labute approximate surface area is 194 Å². The fraction of sp³-hybridized carbons (Fsp3) is 0.0769. The van der Waals surface area contributed by atoms with Crippen LogP contribution >= 0.6 is 0 Å². The van der Waals surface area contributed by atoms with Gasteiger partial charge in [0.2, 0.25) is 0 Å². The number of anilines is 1. The van der Waals surface area contributed by atoms with Crippen LogP contribution in [0.5, 0.6) is 5.75 Å². The Balaban J connectivity index is 1.47. The highest BCUT2D eigenvalue weighted by atomic mass is 16.5. The van der Waals surface area contributed by atoms with Gasteiger partial charge < -0.3 is 15.0 Å². The van der Waals surface area contributed by atoms with Crippen molar-refractivity contribution in [2.45, 2.75) is 0 Å². The van der Waals surface area contributed by atoms with Crippen LogP contribution < -0.4 is 10.1 Å². The summed E-state index contributed by atoms with van der Waals surface area (Å²) in [5.74, 6) is 1.48. The minimum Gasteiger partial charge on any atom is -0.492 e. The minimum absolute atomic E-state index is 0.521. The normalized spacial score (nSPS) is 12.9. The molecule has 4 aromatic heterocycles. The lowest BCUT2D eigenvalue weighted by atomic mass is 10.0. The Morgan fingerprint density at radius 3 is 2.79 bits per heavy atom. The zero-order valence-electron chi connectivity index (χ0n) is 18.0. The Kier molecular flexibility index (Phi) is 4.10. The predicted molar refractivity (Wildman–Crippen MR) is 132 cm³/mol. The highest BCUT2D eigenvalue weighted by molar-refractivity contribution is 5.96. The second-order valence-electron chi connectivity index (χ2n) is 8.22. The third-order valence-electron chi connectivity index (χ3n) is 6.02. The maximum Gasteiger partial charge on any atom is 0.161 e. The van der Waals surface area contributed by atoms with E-state index in [0.717, 1.165) is 55.9 Å². The first kappa shape index (κ1) is 18.8. The fourth-order valence-electron chi connectivity index (χ4n) is 4.40. The molecule has 5 heterocycles. The van der Waals surface area contributed by atoms with Crippen LogP contribution in [0.3, 0.4) is 0 Å². The summed E-state index contributed by atoms with van der Waals surface area (Å²) in [6.45, 7) is 1.17. The van der Waals surface area contributed by atoms with E-state index in [9.17, 15) is 0 Å². The third-order valence-corrected chi connectivity index (χ3v) is 6.02. The first-order valence-corrected chi connectivity index (χ1v) is 11.1. The molecule has 8 bridgehead atoms. The summed E-state index contributed by atoms with van der Waals surface area (Å²) >= 11 is 0. The smallest absolute Gasteiger partial charge is 0.161 e. The molecule has 2 aromatic carbocycles. The minimum atomic E-state index is 0.521. The van der Waals surface area contributed by atoms with Crippen molar-refractivity contribution >= 4 is 27.8 Å². The molecule has 0 saturated heterocycles. The standard InChI is InChI=1S/C26H19N7O/c1-3-15-12-18(4-1)34-10-9-28-17-11-16(13-27-14-17)20-7-8-22-24(29-20)25(33-32-22)26-30-21-6-2-5-19(15)23(21)31-26/h1-8,11-14,28H,9-10H2,(H,30,31)(H,32,33). The van der Waals surface area contributed by atoms with Crippen LogP contribution in [0.2, 0.25) is 0 Å². The summed E-state index contributed by atoms with van der Waals surface area (Å²) in [5.41, 5.74) is 8.81. The molecule has 0 saturated carbocycles. The van der Waals surface area contributed by atoms with E-state index >= 15 is 0 Å².